The number of rotatable bonds is 5. The Bertz CT molecular complexity index is 634. The van der Waals surface area contributed by atoms with Crippen LogP contribution < -0.4 is 10.2 Å². The molecule has 2 N–H and O–H groups in total. The summed E-state index contributed by atoms with van der Waals surface area (Å²) in [6, 6.07) is 9.31. The molecule has 0 saturated carbocycles. The van der Waals surface area contributed by atoms with Gasteiger partial charge in [-0.25, -0.2) is 4.39 Å². The molecule has 0 heterocycles. The van der Waals surface area contributed by atoms with E-state index in [0.29, 0.717) is 16.3 Å². The lowest BCUT2D eigenvalue weighted by atomic mass is 9.80. The molecule has 0 aromatic heterocycles. The molecule has 0 radical (unpaired) electrons. The van der Waals surface area contributed by atoms with Crippen LogP contribution in [0.2, 0.25) is 5.02 Å². The van der Waals surface area contributed by atoms with Crippen molar-refractivity contribution in [1.29, 1.82) is 0 Å². The van der Waals surface area contributed by atoms with Crippen LogP contribution in [-0.2, 0) is 13.0 Å². The average molecular weight is 309 g/mol. The molecule has 6 heteroatoms. The maximum Gasteiger partial charge on any atom is 0.488 e. The number of aryl methyl sites for hydroxylation is 1. The quantitative estimate of drug-likeness (QED) is 0.833. The van der Waals surface area contributed by atoms with Gasteiger partial charge in [-0.05, 0) is 41.7 Å². The van der Waals surface area contributed by atoms with E-state index in [0.717, 1.165) is 18.1 Å². The van der Waals surface area contributed by atoms with Gasteiger partial charge in [0, 0.05) is 10.6 Å². The molecule has 21 heavy (non-hydrogen) atoms. The highest BCUT2D eigenvalue weighted by Crippen LogP contribution is 2.23. The zero-order chi connectivity index (χ0) is 15.4. The summed E-state index contributed by atoms with van der Waals surface area (Å²) in [5.41, 5.74) is 1.41. The topological polar surface area (TPSA) is 49.7 Å². The van der Waals surface area contributed by atoms with E-state index in [1.165, 1.54) is 12.1 Å². The molecule has 0 aliphatic heterocycles. The zero-order valence-corrected chi connectivity index (χ0v) is 12.3. The number of hydrogen-bond donors (Lipinski definition) is 2. The first-order valence-electron chi connectivity index (χ1n) is 6.57. The van der Waals surface area contributed by atoms with Crippen molar-refractivity contribution in [1.82, 2.24) is 0 Å². The molecule has 2 rings (SSSR count). The first-order chi connectivity index (χ1) is 10.0. The molecule has 0 spiro atoms. The van der Waals surface area contributed by atoms with Crippen molar-refractivity contribution in [3.8, 4) is 5.75 Å². The Morgan fingerprint density at radius 2 is 1.90 bits per heavy atom. The lowest BCUT2D eigenvalue weighted by Crippen LogP contribution is -2.30. The highest BCUT2D eigenvalue weighted by Gasteiger charge is 2.13. The monoisotopic (exact) mass is 308 g/mol. The fourth-order valence-corrected chi connectivity index (χ4v) is 2.17. The van der Waals surface area contributed by atoms with Crippen molar-refractivity contribution in [3.05, 3.63) is 58.4 Å². The van der Waals surface area contributed by atoms with Crippen LogP contribution in [0.25, 0.3) is 0 Å². The van der Waals surface area contributed by atoms with Crippen molar-refractivity contribution in [2.75, 3.05) is 0 Å². The van der Waals surface area contributed by atoms with E-state index in [1.807, 2.05) is 13.0 Å². The molecule has 0 amide bonds. The molecule has 0 saturated heterocycles. The van der Waals surface area contributed by atoms with Gasteiger partial charge < -0.3 is 14.8 Å². The minimum absolute atomic E-state index is 0.0540. The minimum atomic E-state index is -1.68. The lowest BCUT2D eigenvalue weighted by molar-refractivity contribution is 0.299. The first kappa shape index (κ1) is 15.8. The first-order valence-corrected chi connectivity index (χ1v) is 6.94. The SMILES string of the molecule is CCc1cc(OCc2ccc(B(O)O)cc2F)ccc1Cl. The van der Waals surface area contributed by atoms with Crippen LogP contribution in [0, 0.1) is 5.82 Å². The number of hydrogen-bond acceptors (Lipinski definition) is 3. The molecule has 2 aromatic rings. The lowest BCUT2D eigenvalue weighted by Gasteiger charge is -2.10. The summed E-state index contributed by atoms with van der Waals surface area (Å²) < 4.78 is 19.3. The summed E-state index contributed by atoms with van der Waals surface area (Å²) in [4.78, 5) is 0. The van der Waals surface area contributed by atoms with Gasteiger partial charge in [0.05, 0.1) is 0 Å². The molecule has 0 fully saturated rings. The fourth-order valence-electron chi connectivity index (χ4n) is 1.91. The Hall–Kier alpha value is -1.56. The molecule has 3 nitrogen and oxygen atoms in total. The normalized spacial score (nSPS) is 10.5. The van der Waals surface area contributed by atoms with Crippen molar-refractivity contribution >= 4 is 24.2 Å². The second-order valence-electron chi connectivity index (χ2n) is 4.62. The largest absolute Gasteiger partial charge is 0.489 e. The summed E-state index contributed by atoms with van der Waals surface area (Å²) in [5.74, 6) is 0.0761. The highest BCUT2D eigenvalue weighted by atomic mass is 35.5. The third kappa shape index (κ3) is 3.97. The predicted octanol–water partition coefficient (Wildman–Crippen LogP) is 2.30. The van der Waals surface area contributed by atoms with E-state index < -0.39 is 12.9 Å². The predicted molar refractivity (Wildman–Crippen MR) is 81.4 cm³/mol. The number of benzene rings is 2. The van der Waals surface area contributed by atoms with Crippen LogP contribution in [0.1, 0.15) is 18.1 Å². The Morgan fingerprint density at radius 3 is 2.52 bits per heavy atom. The second kappa shape index (κ2) is 6.94. The van der Waals surface area contributed by atoms with Crippen LogP contribution in [-0.4, -0.2) is 17.2 Å². The van der Waals surface area contributed by atoms with Crippen molar-refractivity contribution < 1.29 is 19.2 Å². The smallest absolute Gasteiger partial charge is 0.488 e. The Balaban J connectivity index is 2.09. The van der Waals surface area contributed by atoms with E-state index >= 15 is 0 Å². The fraction of sp³-hybridized carbons (Fsp3) is 0.200. The Kier molecular flexibility index (Phi) is 5.23. The van der Waals surface area contributed by atoms with Gasteiger partial charge in [0.25, 0.3) is 0 Å². The standard InChI is InChI=1S/C15H15BClFO3/c1-2-10-7-13(5-6-14(10)17)21-9-11-3-4-12(16(19)20)8-15(11)18/h3-8,19-20H,2,9H2,1H3. The third-order valence-electron chi connectivity index (χ3n) is 3.17. The summed E-state index contributed by atoms with van der Waals surface area (Å²) in [6.07, 6.45) is 0.785. The molecular weight excluding hydrogens is 293 g/mol. The highest BCUT2D eigenvalue weighted by molar-refractivity contribution is 6.58. The van der Waals surface area contributed by atoms with Gasteiger partial charge in [0.15, 0.2) is 0 Å². The van der Waals surface area contributed by atoms with Crippen molar-refractivity contribution in [3.63, 3.8) is 0 Å². The van der Waals surface area contributed by atoms with Gasteiger partial charge in [0.1, 0.15) is 18.2 Å². The maximum atomic E-state index is 13.8. The zero-order valence-electron chi connectivity index (χ0n) is 11.5. The maximum absolute atomic E-state index is 13.8. The van der Waals surface area contributed by atoms with Gasteiger partial charge in [0.2, 0.25) is 0 Å². The molecule has 0 unspecified atom stereocenters. The summed E-state index contributed by atoms with van der Waals surface area (Å²) >= 11 is 6.02. The van der Waals surface area contributed by atoms with Crippen LogP contribution in [0.4, 0.5) is 4.39 Å². The van der Waals surface area contributed by atoms with Crippen LogP contribution in [0.15, 0.2) is 36.4 Å². The van der Waals surface area contributed by atoms with Crippen LogP contribution in [0.5, 0.6) is 5.75 Å². The van der Waals surface area contributed by atoms with Gasteiger partial charge in [-0.3, -0.25) is 0 Å². The number of ether oxygens (including phenoxy) is 1. The molecule has 0 aliphatic rings. The summed E-state index contributed by atoms with van der Waals surface area (Å²) in [7, 11) is -1.68. The molecule has 0 bridgehead atoms. The Morgan fingerprint density at radius 1 is 1.14 bits per heavy atom. The van der Waals surface area contributed by atoms with Crippen molar-refractivity contribution in [2.24, 2.45) is 0 Å². The number of halogens is 2. The van der Waals surface area contributed by atoms with Gasteiger partial charge >= 0.3 is 7.12 Å². The molecule has 0 aliphatic carbocycles. The van der Waals surface area contributed by atoms with E-state index in [2.05, 4.69) is 0 Å². The van der Waals surface area contributed by atoms with E-state index in [9.17, 15) is 4.39 Å². The molecule has 2 aromatic carbocycles. The third-order valence-corrected chi connectivity index (χ3v) is 3.54. The van der Waals surface area contributed by atoms with Crippen LogP contribution >= 0.6 is 11.6 Å². The van der Waals surface area contributed by atoms with E-state index in [-0.39, 0.29) is 12.1 Å². The molecule has 110 valence electrons. The van der Waals surface area contributed by atoms with Gasteiger partial charge in [-0.15, -0.1) is 0 Å². The molecule has 0 atom stereocenters. The average Bonchev–Trinajstić information content (AvgIpc) is 2.47. The molecular formula is C15H15BClFO3. The summed E-state index contributed by atoms with van der Waals surface area (Å²) in [5, 5.41) is 18.6. The van der Waals surface area contributed by atoms with Crippen LogP contribution in [0.3, 0.4) is 0 Å². The minimum Gasteiger partial charge on any atom is -0.489 e. The van der Waals surface area contributed by atoms with Gasteiger partial charge in [-0.1, -0.05) is 30.7 Å². The van der Waals surface area contributed by atoms with E-state index in [1.54, 1.807) is 12.1 Å². The summed E-state index contributed by atoms with van der Waals surface area (Å²) in [6.45, 7) is 2.04. The van der Waals surface area contributed by atoms with Crippen molar-refractivity contribution in [2.45, 2.75) is 20.0 Å². The second-order valence-corrected chi connectivity index (χ2v) is 5.03. The van der Waals surface area contributed by atoms with E-state index in [4.69, 9.17) is 26.4 Å². The van der Waals surface area contributed by atoms with Gasteiger partial charge in [-0.2, -0.15) is 0 Å². The Labute approximate surface area is 128 Å².